The minimum Gasteiger partial charge on any atom is -0.206 e. The fourth-order valence-corrected chi connectivity index (χ4v) is 9.34. The van der Waals surface area contributed by atoms with Gasteiger partial charge in [0.25, 0.3) is 7.90 Å². The molecule has 0 atom stereocenters. The van der Waals surface area contributed by atoms with E-state index in [0.717, 1.165) is 9.83 Å². The van der Waals surface area contributed by atoms with Gasteiger partial charge in [-0.25, -0.2) is 8.42 Å². The highest BCUT2D eigenvalue weighted by Gasteiger charge is 2.50. The van der Waals surface area contributed by atoms with Crippen LogP contribution in [-0.4, -0.2) is 20.9 Å². The van der Waals surface area contributed by atoms with Gasteiger partial charge >= 0.3 is 0 Å². The van der Waals surface area contributed by atoms with E-state index in [4.69, 9.17) is 0 Å². The molecule has 1 rings (SSSR count). The molecule has 5 heteroatoms. The Balaban J connectivity index is 3.00. The van der Waals surface area contributed by atoms with Crippen molar-refractivity contribution in [3.05, 3.63) is 0 Å². The fraction of sp³-hybridized carbons (Fsp3) is 1.00. The van der Waals surface area contributed by atoms with E-state index in [1.807, 2.05) is 0 Å². The van der Waals surface area contributed by atoms with Crippen molar-refractivity contribution in [3.63, 3.8) is 0 Å². The zero-order valence-corrected chi connectivity index (χ0v) is 6.49. The van der Waals surface area contributed by atoms with Gasteiger partial charge in [-0.1, -0.05) is 8.09 Å². The Morgan fingerprint density at radius 2 is 1.43 bits per heavy atom. The summed E-state index contributed by atoms with van der Waals surface area (Å²) < 4.78 is 20.8. The number of hydrogen-bond donors (Lipinski definition) is 0. The first kappa shape index (κ1) is 5.78. The van der Waals surface area contributed by atoms with E-state index in [2.05, 4.69) is 0 Å². The van der Waals surface area contributed by atoms with Crippen LogP contribution in [-0.2, 0) is 7.90 Å². The van der Waals surface area contributed by atoms with Crippen LogP contribution in [0.1, 0.15) is 0 Å². The maximum atomic E-state index is 10.4. The van der Waals surface area contributed by atoms with E-state index in [1.165, 1.54) is 0 Å². The lowest BCUT2D eigenvalue weighted by Crippen LogP contribution is -1.71. The monoisotopic (exact) mass is 158 g/mol. The normalized spacial score (nSPS) is 36.9. The van der Waals surface area contributed by atoms with Crippen LogP contribution in [0.2, 0.25) is 0 Å². The van der Waals surface area contributed by atoms with Crippen LogP contribution in [0.4, 0.5) is 0 Å². The van der Waals surface area contributed by atoms with Crippen molar-refractivity contribution >= 4 is 25.8 Å². The van der Waals surface area contributed by atoms with Crippen LogP contribution >= 0.6 is 17.9 Å². The Morgan fingerprint density at radius 3 is 1.43 bits per heavy atom. The highest BCUT2D eigenvalue weighted by Crippen LogP contribution is 2.82. The van der Waals surface area contributed by atoms with Gasteiger partial charge in [0, 0.05) is 9.83 Å². The Labute approximate surface area is 47.1 Å². The second kappa shape index (κ2) is 1.14. The van der Waals surface area contributed by atoms with Gasteiger partial charge in [-0.3, -0.25) is 0 Å². The summed E-state index contributed by atoms with van der Waals surface area (Å²) in [5.41, 5.74) is 0. The van der Waals surface area contributed by atoms with Crippen molar-refractivity contribution in [2.45, 2.75) is 0 Å². The first-order valence-electron chi connectivity index (χ1n) is 1.65. The molecule has 0 saturated carbocycles. The smallest absolute Gasteiger partial charge is 0.206 e. The summed E-state index contributed by atoms with van der Waals surface area (Å²) in [5, 5.41) is 0. The molecular formula is C2H6O2S3. The molecule has 0 aromatic rings. The van der Waals surface area contributed by atoms with Crippen LogP contribution in [0.25, 0.3) is 0 Å². The molecule has 0 amide bonds. The van der Waals surface area contributed by atoms with Crippen molar-refractivity contribution in [1.82, 2.24) is 0 Å². The Morgan fingerprint density at radius 1 is 1.29 bits per heavy atom. The molecule has 0 aromatic heterocycles. The van der Waals surface area contributed by atoms with Crippen LogP contribution in [0, 0.1) is 0 Å². The van der Waals surface area contributed by atoms with Crippen LogP contribution < -0.4 is 0 Å². The third-order valence-electron chi connectivity index (χ3n) is 0.723. The topological polar surface area (TPSA) is 34.1 Å². The largest absolute Gasteiger partial charge is 0.254 e. The molecule has 2 nitrogen and oxygen atoms in total. The third-order valence-corrected chi connectivity index (χ3v) is 14.6. The first-order chi connectivity index (χ1) is 2.96. The predicted molar refractivity (Wildman–Crippen MR) is 35.9 cm³/mol. The molecule has 0 N–H and O–H groups in total. The quantitative estimate of drug-likeness (QED) is 0.389. The standard InChI is InChI=1S/C2H6O2S3/c1-6(2)5-7(6,3)4/h1-2H3. The van der Waals surface area contributed by atoms with E-state index >= 15 is 0 Å². The molecule has 1 aliphatic rings. The fourth-order valence-electron chi connectivity index (χ4n) is 0.189. The lowest BCUT2D eigenvalue weighted by Gasteiger charge is -1.88. The first-order valence-corrected chi connectivity index (χ1v) is 7.95. The van der Waals surface area contributed by atoms with Crippen molar-refractivity contribution in [2.75, 3.05) is 12.5 Å². The average molecular weight is 158 g/mol. The van der Waals surface area contributed by atoms with Crippen molar-refractivity contribution in [3.8, 4) is 0 Å². The highest BCUT2D eigenvalue weighted by molar-refractivity contribution is 9.66. The van der Waals surface area contributed by atoms with Crippen molar-refractivity contribution in [2.24, 2.45) is 0 Å². The lowest BCUT2D eigenvalue weighted by molar-refractivity contribution is 0.624. The van der Waals surface area contributed by atoms with Gasteiger partial charge in [0.15, 0.2) is 0 Å². The summed E-state index contributed by atoms with van der Waals surface area (Å²) in [6, 6.07) is 0. The molecule has 0 unspecified atom stereocenters. The zero-order valence-electron chi connectivity index (χ0n) is 4.04. The summed E-state index contributed by atoms with van der Waals surface area (Å²) in [5.74, 6) is 0. The molecule has 1 aliphatic heterocycles. The van der Waals surface area contributed by atoms with Crippen LogP contribution in [0.3, 0.4) is 0 Å². The van der Waals surface area contributed by atoms with Gasteiger partial charge in [0.1, 0.15) is 0 Å². The molecule has 0 aromatic carbocycles. The Bertz CT molecular complexity index is 177. The molecule has 0 radical (unpaired) electrons. The molecule has 44 valence electrons. The molecular weight excluding hydrogens is 152 g/mol. The molecule has 1 fully saturated rings. The number of hydrogen-bond acceptors (Lipinski definition) is 3. The molecule has 7 heavy (non-hydrogen) atoms. The van der Waals surface area contributed by atoms with Crippen LogP contribution in [0.5, 0.6) is 0 Å². The van der Waals surface area contributed by atoms with Crippen molar-refractivity contribution < 1.29 is 8.42 Å². The molecule has 1 saturated heterocycles. The van der Waals surface area contributed by atoms with Crippen molar-refractivity contribution in [1.29, 1.82) is 0 Å². The van der Waals surface area contributed by atoms with E-state index in [-0.39, 0.29) is 0 Å². The third kappa shape index (κ3) is 0.772. The molecule has 0 bridgehead atoms. The second-order valence-corrected chi connectivity index (χ2v) is 15.4. The predicted octanol–water partition coefficient (Wildman–Crippen LogP) is 0.957. The molecule has 0 aliphatic carbocycles. The molecule has 0 spiro atoms. The zero-order chi connectivity index (χ0) is 5.71. The Hall–Kier alpha value is 0.650. The lowest BCUT2D eigenvalue weighted by atomic mass is 11.9. The van der Waals surface area contributed by atoms with Gasteiger partial charge in [0.05, 0.1) is 0 Å². The minimum absolute atomic E-state index is 1.11. The average Bonchev–Trinajstić information content (AvgIpc) is 1.63. The van der Waals surface area contributed by atoms with Crippen LogP contribution in [0.15, 0.2) is 0 Å². The second-order valence-electron chi connectivity index (χ2n) is 1.62. The van der Waals surface area contributed by atoms with Gasteiger partial charge in [-0.2, -0.15) is 0 Å². The van der Waals surface area contributed by atoms with Gasteiger partial charge in [0.2, 0.25) is 0 Å². The van der Waals surface area contributed by atoms with E-state index in [9.17, 15) is 8.42 Å². The van der Waals surface area contributed by atoms with Gasteiger partial charge < -0.3 is 0 Å². The van der Waals surface area contributed by atoms with Gasteiger partial charge in [-0.05, 0) is 12.5 Å². The van der Waals surface area contributed by atoms with E-state index in [1.54, 1.807) is 12.5 Å². The number of rotatable bonds is 0. The highest BCUT2D eigenvalue weighted by atomic mass is 34.1. The maximum Gasteiger partial charge on any atom is 0.254 e. The summed E-state index contributed by atoms with van der Waals surface area (Å²) in [6.07, 6.45) is 3.57. The SMILES string of the molecule is CS1(C)SS1(=O)=O. The Kier molecular flexibility index (Phi) is 0.941. The molecule has 1 heterocycles. The summed E-state index contributed by atoms with van der Waals surface area (Å²) in [7, 11) is -2.69. The van der Waals surface area contributed by atoms with Gasteiger partial charge in [-0.15, -0.1) is 0 Å². The minimum atomic E-state index is -2.59. The van der Waals surface area contributed by atoms with E-state index in [0.29, 0.717) is 0 Å². The summed E-state index contributed by atoms with van der Waals surface area (Å²) in [6.45, 7) is 0. The summed E-state index contributed by atoms with van der Waals surface area (Å²) >= 11 is 0. The van der Waals surface area contributed by atoms with E-state index < -0.39 is 16.0 Å². The summed E-state index contributed by atoms with van der Waals surface area (Å²) in [4.78, 5) is 0. The maximum absolute atomic E-state index is 10.4.